The zero-order valence-corrected chi connectivity index (χ0v) is 56.5. The van der Waals surface area contributed by atoms with Crippen molar-refractivity contribution in [3.05, 3.63) is 0 Å². The first-order valence-electron chi connectivity index (χ1n) is 37.4. The number of fused-ring (bicyclic) bond motifs is 20. The first kappa shape index (κ1) is 62.1. The van der Waals surface area contributed by atoms with Crippen LogP contribution in [0.2, 0.25) is 0 Å². The number of hydrogen-bond acceptors (Lipinski definition) is 0. The molecule has 16 aliphatic rings. The smallest absolute Gasteiger partial charge is 0.0269 e. The SMILES string of the molecule is CC(C)[C@@]1(C)CC2CCC1C2.CC1(C)CC2CC1C1CCCC21.CC1(C)CC2CCC1C2.CCC(C)[C@@]1(C)CC2CCC1C2.CCCC[C@@]1(C)CC2CCC1C2.CC[C@@]1(C)CC2CC1C1CCCC21.CC[C@@]1(C)CC2CCC1C2. The van der Waals surface area contributed by atoms with Gasteiger partial charge in [-0.05, 0) is 310 Å². The van der Waals surface area contributed by atoms with Gasteiger partial charge in [-0.25, -0.2) is 0 Å². The molecule has 16 saturated carbocycles. The first-order valence-corrected chi connectivity index (χ1v) is 37.4. The quantitative estimate of drug-likeness (QED) is 0.227. The van der Waals surface area contributed by atoms with E-state index in [-0.39, 0.29) is 0 Å². The predicted octanol–water partition coefficient (Wildman–Crippen LogP) is 24.7. The van der Waals surface area contributed by atoms with E-state index in [2.05, 4.69) is 111 Å². The monoisotopic (exact) mass is 1090 g/mol. The molecule has 24 atom stereocenters. The van der Waals surface area contributed by atoms with E-state index in [0.29, 0.717) is 16.2 Å². The Balaban J connectivity index is 0.000000104. The van der Waals surface area contributed by atoms with Crippen LogP contribution in [-0.4, -0.2) is 0 Å². The van der Waals surface area contributed by atoms with E-state index in [1.807, 2.05) is 0 Å². The Morgan fingerprint density at radius 2 is 0.785 bits per heavy atom. The van der Waals surface area contributed by atoms with Gasteiger partial charge in [0.2, 0.25) is 0 Å². The van der Waals surface area contributed by atoms with Crippen molar-refractivity contribution in [1.29, 1.82) is 0 Å². The van der Waals surface area contributed by atoms with E-state index in [4.69, 9.17) is 0 Å². The van der Waals surface area contributed by atoms with E-state index in [0.717, 1.165) is 128 Å². The first-order chi connectivity index (χ1) is 37.4. The van der Waals surface area contributed by atoms with Gasteiger partial charge in [0.25, 0.3) is 0 Å². The maximum absolute atomic E-state index is 2.56. The van der Waals surface area contributed by atoms with E-state index in [1.165, 1.54) is 121 Å². The molecule has 456 valence electrons. The molecule has 0 heteroatoms. The molecule has 16 aliphatic carbocycles. The summed E-state index contributed by atoms with van der Waals surface area (Å²) < 4.78 is 0. The van der Waals surface area contributed by atoms with Gasteiger partial charge in [-0.3, -0.25) is 0 Å². The normalized spacial score (nSPS) is 50.8. The van der Waals surface area contributed by atoms with Gasteiger partial charge < -0.3 is 0 Å². The third kappa shape index (κ3) is 12.3. The minimum absolute atomic E-state index is 0.705. The van der Waals surface area contributed by atoms with Gasteiger partial charge in [0.05, 0.1) is 0 Å². The standard InChI is InChI=1S/C13H22.C12H20.2C12H22.C11H20.C10H18.C9H16/c1-3-13(2)8-9-7-12(13)11-6-4-5-10(9)11;1-12(2)7-8-6-11(12)10-5-3-4-9(8)10;1-4-9(2)12(3)8-10-5-6-11(12)7-10;1-3-4-7-12(2)9-10-5-6-11(12)8-10;1-8(2)11(3)7-9-4-5-10(11)6-9;1-3-10(2)7-8-4-5-9(10)6-8;1-9(2)6-7-3-4-8(9)5-7/h9-12H,3-8H2,1-2H3;8-11H,3-7H2,1-2H3;9-11H,4-8H2,1-3H3;10-11H,3-9H2,1-2H3;8-10H,4-7H2,1-3H3;8-9H,3-7H2,1-2H3;7-8H,3-6H2,1-2H3/t9?,10?,11?,12?,13-;;9?,10?,11?,12-;10?,11?,12-;9?,10?,11-;8?,9?,10-;/m0.1010./s1. The van der Waals surface area contributed by atoms with E-state index in [9.17, 15) is 0 Å². The van der Waals surface area contributed by atoms with Crippen LogP contribution in [0.3, 0.4) is 0 Å². The van der Waals surface area contributed by atoms with Gasteiger partial charge in [0, 0.05) is 0 Å². The van der Waals surface area contributed by atoms with Crippen LogP contribution >= 0.6 is 0 Å². The summed E-state index contributed by atoms with van der Waals surface area (Å²) >= 11 is 0. The minimum Gasteiger partial charge on any atom is -0.0654 e. The van der Waals surface area contributed by atoms with Crippen molar-refractivity contribution in [1.82, 2.24) is 0 Å². The molecule has 0 nitrogen and oxygen atoms in total. The summed E-state index contributed by atoms with van der Waals surface area (Å²) in [6.07, 6.45) is 55.0. The second-order valence-electron chi connectivity index (χ2n) is 37.3. The topological polar surface area (TPSA) is 0 Å². The fourth-order valence-corrected chi connectivity index (χ4v) is 26.4. The van der Waals surface area contributed by atoms with Gasteiger partial charge in [-0.2, -0.15) is 0 Å². The van der Waals surface area contributed by atoms with Gasteiger partial charge >= 0.3 is 0 Å². The summed E-state index contributed by atoms with van der Waals surface area (Å²) in [6, 6.07) is 0. The Bertz CT molecular complexity index is 1950. The maximum Gasteiger partial charge on any atom is -0.0269 e. The van der Waals surface area contributed by atoms with Crippen molar-refractivity contribution in [2.75, 3.05) is 0 Å². The molecule has 0 aliphatic heterocycles. The third-order valence-electron chi connectivity index (χ3n) is 32.2. The molecule has 79 heavy (non-hydrogen) atoms. The number of rotatable bonds is 8. The van der Waals surface area contributed by atoms with E-state index >= 15 is 0 Å². The minimum atomic E-state index is 0.705. The summed E-state index contributed by atoms with van der Waals surface area (Å²) in [5.74, 6) is 22.0. The zero-order valence-electron chi connectivity index (χ0n) is 56.5. The lowest BCUT2D eigenvalue weighted by atomic mass is 9.65. The zero-order chi connectivity index (χ0) is 56.5. The lowest BCUT2D eigenvalue weighted by Crippen LogP contribution is -2.32. The Morgan fingerprint density at radius 3 is 1.15 bits per heavy atom. The molecular weight excluding hydrogens is 949 g/mol. The molecular formula is C79H140. The van der Waals surface area contributed by atoms with Crippen LogP contribution in [0.1, 0.15) is 342 Å². The molecule has 0 saturated heterocycles. The highest BCUT2D eigenvalue weighted by Gasteiger charge is 2.59. The summed E-state index contributed by atoms with van der Waals surface area (Å²) in [5.41, 5.74) is 5.11. The van der Waals surface area contributed by atoms with Crippen LogP contribution in [0.4, 0.5) is 0 Å². The molecule has 0 spiro atoms. The highest BCUT2D eigenvalue weighted by atomic mass is 14.6. The second-order valence-corrected chi connectivity index (χ2v) is 37.3. The number of hydrogen-bond donors (Lipinski definition) is 0. The van der Waals surface area contributed by atoms with E-state index < -0.39 is 0 Å². The molecule has 16 rings (SSSR count). The van der Waals surface area contributed by atoms with Crippen molar-refractivity contribution in [2.24, 2.45) is 156 Å². The van der Waals surface area contributed by atoms with Gasteiger partial charge in [-0.1, -0.05) is 188 Å². The van der Waals surface area contributed by atoms with Crippen LogP contribution < -0.4 is 0 Å². The molecule has 14 bridgehead atoms. The predicted molar refractivity (Wildman–Crippen MR) is 344 cm³/mol. The average Bonchev–Trinajstić information content (AvgIpc) is 4.41. The van der Waals surface area contributed by atoms with Crippen molar-refractivity contribution in [2.45, 2.75) is 342 Å². The average molecular weight is 1090 g/mol. The molecule has 0 radical (unpaired) electrons. The van der Waals surface area contributed by atoms with Gasteiger partial charge in [0.15, 0.2) is 0 Å². The summed E-state index contributed by atoms with van der Waals surface area (Å²) in [5, 5.41) is 0. The molecule has 0 heterocycles. The van der Waals surface area contributed by atoms with Crippen LogP contribution in [0.15, 0.2) is 0 Å². The molecule has 0 N–H and O–H groups in total. The Labute approximate surface area is 495 Å². The maximum atomic E-state index is 2.56. The highest BCUT2D eigenvalue weighted by molar-refractivity contribution is 5.09. The van der Waals surface area contributed by atoms with Gasteiger partial charge in [0.1, 0.15) is 0 Å². The Morgan fingerprint density at radius 1 is 0.354 bits per heavy atom. The summed E-state index contributed by atoms with van der Waals surface area (Å²) in [4.78, 5) is 0. The highest BCUT2D eigenvalue weighted by Crippen LogP contribution is 2.68. The van der Waals surface area contributed by atoms with Crippen LogP contribution in [0.25, 0.3) is 0 Å². The fourth-order valence-electron chi connectivity index (χ4n) is 26.4. The number of unbranched alkanes of at least 4 members (excludes halogenated alkanes) is 1. The molecule has 0 aromatic rings. The van der Waals surface area contributed by atoms with Crippen LogP contribution in [0, 0.1) is 156 Å². The Hall–Kier alpha value is 0. The lowest BCUT2D eigenvalue weighted by molar-refractivity contribution is 0.0956. The molecule has 16 fully saturated rings. The lowest BCUT2D eigenvalue weighted by Gasteiger charge is -2.39. The van der Waals surface area contributed by atoms with Crippen molar-refractivity contribution in [3.63, 3.8) is 0 Å². The molecule has 0 aromatic heterocycles. The largest absolute Gasteiger partial charge is 0.0654 e. The van der Waals surface area contributed by atoms with Gasteiger partial charge in [-0.15, -0.1) is 0 Å². The van der Waals surface area contributed by atoms with Crippen LogP contribution in [-0.2, 0) is 0 Å². The third-order valence-corrected chi connectivity index (χ3v) is 32.2. The molecule has 19 unspecified atom stereocenters. The summed E-state index contributed by atoms with van der Waals surface area (Å²) in [7, 11) is 0. The van der Waals surface area contributed by atoms with Crippen molar-refractivity contribution >= 4 is 0 Å². The Kier molecular flexibility index (Phi) is 19.1. The molecule has 0 aromatic carbocycles. The van der Waals surface area contributed by atoms with Crippen LogP contribution in [0.5, 0.6) is 0 Å². The van der Waals surface area contributed by atoms with Crippen molar-refractivity contribution in [3.8, 4) is 0 Å². The molecule has 0 amide bonds. The van der Waals surface area contributed by atoms with Crippen molar-refractivity contribution < 1.29 is 0 Å². The summed E-state index contributed by atoms with van der Waals surface area (Å²) in [6.45, 7) is 39.3. The fraction of sp³-hybridized carbons (Fsp3) is 1.00. The second kappa shape index (κ2) is 24.3. The van der Waals surface area contributed by atoms with E-state index in [1.54, 1.807) is 122 Å².